The summed E-state index contributed by atoms with van der Waals surface area (Å²) < 4.78 is 23.9. The van der Waals surface area contributed by atoms with E-state index in [0.29, 0.717) is 12.2 Å². The van der Waals surface area contributed by atoms with Crippen LogP contribution in [0.3, 0.4) is 0 Å². The predicted molar refractivity (Wildman–Crippen MR) is 115 cm³/mol. The molecular weight excluding hydrogens is 403 g/mol. The number of hydrogen-bond donors (Lipinski definition) is 0. The highest BCUT2D eigenvalue weighted by molar-refractivity contribution is 7.99. The normalized spacial score (nSPS) is 15.9. The van der Waals surface area contributed by atoms with Gasteiger partial charge in [-0.15, -0.1) is 11.8 Å². The molecule has 0 radical (unpaired) electrons. The minimum absolute atomic E-state index is 0.0932. The van der Waals surface area contributed by atoms with Gasteiger partial charge in [-0.05, 0) is 59.7 Å². The van der Waals surface area contributed by atoms with Gasteiger partial charge in [0.05, 0.1) is 36.6 Å². The highest BCUT2D eigenvalue weighted by Gasteiger charge is 2.33. The van der Waals surface area contributed by atoms with Crippen molar-refractivity contribution < 1.29 is 18.3 Å². The molecule has 2 aromatic carbocycles. The maximum absolute atomic E-state index is 13.4. The summed E-state index contributed by atoms with van der Waals surface area (Å²) in [5, 5.41) is 6.17. The van der Waals surface area contributed by atoms with Gasteiger partial charge in [0.1, 0.15) is 17.3 Å². The topological polar surface area (TPSA) is 55.0 Å². The highest BCUT2D eigenvalue weighted by atomic mass is 32.2. The van der Waals surface area contributed by atoms with E-state index in [9.17, 15) is 9.18 Å². The van der Waals surface area contributed by atoms with E-state index < -0.39 is 0 Å². The van der Waals surface area contributed by atoms with Crippen molar-refractivity contribution in [3.63, 3.8) is 0 Å². The first-order valence-corrected chi connectivity index (χ1v) is 10.7. The molecular formula is C23H21FN2O3S. The third-order valence-electron chi connectivity index (χ3n) is 4.89. The number of thioether (sulfide) groups is 1. The summed E-state index contributed by atoms with van der Waals surface area (Å²) in [7, 11) is 1.62. The first kappa shape index (κ1) is 20.2. The monoisotopic (exact) mass is 424 g/mol. The zero-order valence-electron chi connectivity index (χ0n) is 16.5. The van der Waals surface area contributed by atoms with Crippen LogP contribution in [0.1, 0.15) is 29.3 Å². The number of hydrazone groups is 1. The largest absolute Gasteiger partial charge is 0.497 e. The number of carbonyl (C=O) groups excluding carboxylic acids is 1. The van der Waals surface area contributed by atoms with Crippen LogP contribution >= 0.6 is 11.8 Å². The van der Waals surface area contributed by atoms with E-state index in [1.165, 1.54) is 28.9 Å². The Kier molecular flexibility index (Phi) is 6.18. The molecule has 1 unspecified atom stereocenters. The number of rotatable bonds is 7. The van der Waals surface area contributed by atoms with Crippen LogP contribution in [0, 0.1) is 5.82 Å². The molecule has 0 spiro atoms. The fourth-order valence-electron chi connectivity index (χ4n) is 3.34. The molecule has 0 N–H and O–H groups in total. The van der Waals surface area contributed by atoms with Crippen LogP contribution in [0.2, 0.25) is 0 Å². The minimum Gasteiger partial charge on any atom is -0.497 e. The second kappa shape index (κ2) is 9.17. The van der Waals surface area contributed by atoms with Crippen molar-refractivity contribution in [3.8, 4) is 5.75 Å². The fraction of sp³-hybridized carbons (Fsp3) is 0.217. The number of amides is 1. The van der Waals surface area contributed by atoms with E-state index in [1.54, 1.807) is 25.5 Å². The van der Waals surface area contributed by atoms with Crippen LogP contribution in [0.25, 0.3) is 0 Å². The summed E-state index contributed by atoms with van der Waals surface area (Å²) in [5.41, 5.74) is 2.60. The Bertz CT molecular complexity index is 1020. The maximum Gasteiger partial charge on any atom is 0.253 e. The van der Waals surface area contributed by atoms with Crippen molar-refractivity contribution in [3.05, 3.63) is 89.6 Å². The molecule has 2 heterocycles. The van der Waals surface area contributed by atoms with Gasteiger partial charge < -0.3 is 9.15 Å². The molecule has 0 saturated heterocycles. The molecule has 30 heavy (non-hydrogen) atoms. The molecule has 1 amide bonds. The van der Waals surface area contributed by atoms with E-state index in [0.717, 1.165) is 28.3 Å². The second-order valence-corrected chi connectivity index (χ2v) is 7.84. The quantitative estimate of drug-likeness (QED) is 0.533. The van der Waals surface area contributed by atoms with Gasteiger partial charge in [0.15, 0.2) is 0 Å². The van der Waals surface area contributed by atoms with Crippen molar-refractivity contribution in [1.82, 2.24) is 5.01 Å². The van der Waals surface area contributed by atoms with Crippen molar-refractivity contribution in [2.24, 2.45) is 5.10 Å². The van der Waals surface area contributed by atoms with Gasteiger partial charge in [-0.1, -0.05) is 12.1 Å². The summed E-state index contributed by atoms with van der Waals surface area (Å²) in [4.78, 5) is 13.0. The summed E-state index contributed by atoms with van der Waals surface area (Å²) >= 11 is 1.48. The first-order chi connectivity index (χ1) is 14.6. The summed E-state index contributed by atoms with van der Waals surface area (Å²) in [6.45, 7) is 0. The van der Waals surface area contributed by atoms with E-state index in [-0.39, 0.29) is 23.5 Å². The summed E-state index contributed by atoms with van der Waals surface area (Å²) in [5.74, 6) is 2.08. The Balaban J connectivity index is 1.53. The average molecular weight is 424 g/mol. The van der Waals surface area contributed by atoms with Crippen LogP contribution in [-0.2, 0) is 10.5 Å². The number of benzene rings is 2. The van der Waals surface area contributed by atoms with Crippen molar-refractivity contribution in [2.45, 2.75) is 18.2 Å². The smallest absolute Gasteiger partial charge is 0.253 e. The third kappa shape index (κ3) is 4.57. The third-order valence-corrected chi connectivity index (χ3v) is 5.83. The molecule has 4 rings (SSSR count). The van der Waals surface area contributed by atoms with Gasteiger partial charge in [-0.3, -0.25) is 4.79 Å². The number of hydrogen-bond acceptors (Lipinski definition) is 5. The van der Waals surface area contributed by atoms with Crippen molar-refractivity contribution >= 4 is 23.4 Å². The zero-order valence-corrected chi connectivity index (χ0v) is 17.3. The molecule has 0 aliphatic carbocycles. The summed E-state index contributed by atoms with van der Waals surface area (Å²) in [6, 6.07) is 17.3. The van der Waals surface area contributed by atoms with Crippen molar-refractivity contribution in [2.75, 3.05) is 12.9 Å². The van der Waals surface area contributed by atoms with Gasteiger partial charge in [0, 0.05) is 6.42 Å². The molecule has 1 aromatic heterocycles. The van der Waals surface area contributed by atoms with E-state index in [2.05, 4.69) is 5.10 Å². The van der Waals surface area contributed by atoms with Crippen LogP contribution in [0.4, 0.5) is 4.39 Å². The fourth-order valence-corrected chi connectivity index (χ4v) is 4.12. The second-order valence-electron chi connectivity index (χ2n) is 6.86. The molecule has 1 atom stereocenters. The number of carbonyl (C=O) groups is 1. The number of furan rings is 1. The van der Waals surface area contributed by atoms with Crippen molar-refractivity contribution in [1.29, 1.82) is 0 Å². The van der Waals surface area contributed by atoms with E-state index in [1.807, 2.05) is 36.4 Å². The predicted octanol–water partition coefficient (Wildman–Crippen LogP) is 5.04. The van der Waals surface area contributed by atoms with Crippen LogP contribution in [0.15, 0.2) is 76.4 Å². The number of nitrogens with zero attached hydrogens (tertiary/aromatic N) is 2. The van der Waals surface area contributed by atoms with E-state index in [4.69, 9.17) is 9.15 Å². The number of ether oxygens (including phenoxy) is 1. The van der Waals surface area contributed by atoms with Gasteiger partial charge in [0.2, 0.25) is 0 Å². The Morgan fingerprint density at radius 2 is 1.97 bits per heavy atom. The Labute approximate surface area is 178 Å². The molecule has 3 aromatic rings. The molecule has 0 saturated carbocycles. The molecule has 0 fully saturated rings. The Morgan fingerprint density at radius 1 is 1.20 bits per heavy atom. The van der Waals surface area contributed by atoms with Gasteiger partial charge in [-0.25, -0.2) is 9.40 Å². The minimum atomic E-state index is -0.306. The van der Waals surface area contributed by atoms with Gasteiger partial charge >= 0.3 is 0 Å². The van der Waals surface area contributed by atoms with Crippen LogP contribution in [0.5, 0.6) is 5.75 Å². The van der Waals surface area contributed by atoms with Gasteiger partial charge in [0.25, 0.3) is 5.91 Å². The molecule has 0 bridgehead atoms. The summed E-state index contributed by atoms with van der Waals surface area (Å²) in [6.07, 6.45) is 2.18. The lowest BCUT2D eigenvalue weighted by atomic mass is 9.98. The lowest BCUT2D eigenvalue weighted by Crippen LogP contribution is -2.28. The molecule has 7 heteroatoms. The number of methoxy groups -OCH3 is 1. The lowest BCUT2D eigenvalue weighted by Gasteiger charge is -2.22. The number of halogens is 1. The Hall–Kier alpha value is -3.06. The van der Waals surface area contributed by atoms with Crippen LogP contribution < -0.4 is 4.74 Å². The highest BCUT2D eigenvalue weighted by Crippen LogP contribution is 2.34. The molecule has 5 nitrogen and oxygen atoms in total. The first-order valence-electron chi connectivity index (χ1n) is 9.53. The molecule has 1 aliphatic heterocycles. The zero-order chi connectivity index (χ0) is 20.9. The lowest BCUT2D eigenvalue weighted by molar-refractivity contribution is -0.130. The van der Waals surface area contributed by atoms with Gasteiger partial charge in [-0.2, -0.15) is 5.10 Å². The standard InChI is InChI=1S/C23H21FN2O3S/c1-28-19-10-6-16(7-11-19)21-13-22(17-4-8-18(24)9-5-17)26(25-21)23(27)15-30-14-20-3-2-12-29-20/h2-12,22H,13-15H2,1H3. The maximum atomic E-state index is 13.4. The molecule has 154 valence electrons. The average Bonchev–Trinajstić information content (AvgIpc) is 3.44. The SMILES string of the molecule is COc1ccc(C2=NN(C(=O)CSCc3ccco3)C(c3ccc(F)cc3)C2)cc1. The molecule has 1 aliphatic rings. The Morgan fingerprint density at radius 3 is 2.63 bits per heavy atom. The van der Waals surface area contributed by atoms with E-state index >= 15 is 0 Å². The van der Waals surface area contributed by atoms with Crippen LogP contribution in [-0.4, -0.2) is 29.5 Å².